The quantitative estimate of drug-likeness (QED) is 0.307. The van der Waals surface area contributed by atoms with Gasteiger partial charge in [-0.2, -0.15) is 18.4 Å². The first kappa shape index (κ1) is 23.0. The Morgan fingerprint density at radius 1 is 1.21 bits per heavy atom. The van der Waals surface area contributed by atoms with Crippen molar-refractivity contribution in [2.24, 2.45) is 0 Å². The number of thiazole rings is 1. The number of halogens is 3. The molecule has 2 aromatic carbocycles. The number of rotatable bonds is 7. The lowest BCUT2D eigenvalue weighted by molar-refractivity contribution is -0.137. The van der Waals surface area contributed by atoms with E-state index in [0.717, 1.165) is 35.2 Å². The molecular weight excluding hydrogens is 469 g/mol. The van der Waals surface area contributed by atoms with E-state index >= 15 is 0 Å². The van der Waals surface area contributed by atoms with Gasteiger partial charge in [0, 0.05) is 11.1 Å². The SMILES string of the molecule is Cc1csc([C@H](C#N)C(=O)CSc2nc3cc(C(F)(F)F)ccc3n2Cc2ccccc2)n1. The number of hydrogen-bond donors (Lipinski definition) is 0. The zero-order valence-corrected chi connectivity index (χ0v) is 19.0. The number of thioether (sulfide) groups is 1. The number of carbonyl (C=O) groups is 1. The van der Waals surface area contributed by atoms with Gasteiger partial charge in [-0.3, -0.25) is 4.79 Å². The standard InChI is InChI=1S/C23H17F3N4OS2/c1-14-12-32-21(28-14)17(10-27)20(31)13-33-22-29-18-9-16(23(24,25)26)7-8-19(18)30(22)11-15-5-3-2-4-6-15/h2-9,12,17H,11,13H2,1H3/t17-/m1/s1. The van der Waals surface area contributed by atoms with Gasteiger partial charge in [0.25, 0.3) is 0 Å². The van der Waals surface area contributed by atoms with E-state index < -0.39 is 17.7 Å². The van der Waals surface area contributed by atoms with Gasteiger partial charge in [-0.25, -0.2) is 9.97 Å². The molecule has 0 aliphatic rings. The molecule has 1 atom stereocenters. The lowest BCUT2D eigenvalue weighted by Crippen LogP contribution is -2.14. The number of benzene rings is 2. The van der Waals surface area contributed by atoms with Crippen LogP contribution in [-0.2, 0) is 17.5 Å². The molecule has 2 heterocycles. The number of Topliss-reactive ketones (excluding diaryl/α,β-unsaturated/α-hetero) is 1. The van der Waals surface area contributed by atoms with Crippen LogP contribution in [-0.4, -0.2) is 26.1 Å². The molecule has 2 aromatic heterocycles. The first-order chi connectivity index (χ1) is 15.8. The van der Waals surface area contributed by atoms with E-state index in [1.54, 1.807) is 16.9 Å². The summed E-state index contributed by atoms with van der Waals surface area (Å²) < 4.78 is 41.4. The van der Waals surface area contributed by atoms with Crippen molar-refractivity contribution in [3.05, 3.63) is 75.7 Å². The zero-order valence-electron chi connectivity index (χ0n) is 17.3. The van der Waals surface area contributed by atoms with Crippen LogP contribution >= 0.6 is 23.1 Å². The van der Waals surface area contributed by atoms with Gasteiger partial charge in [0.15, 0.2) is 16.9 Å². The van der Waals surface area contributed by atoms with E-state index in [9.17, 15) is 23.2 Å². The van der Waals surface area contributed by atoms with E-state index in [-0.39, 0.29) is 17.1 Å². The smallest absolute Gasteiger partial charge is 0.314 e. The molecule has 0 amide bonds. The van der Waals surface area contributed by atoms with Crippen molar-refractivity contribution >= 4 is 39.9 Å². The van der Waals surface area contributed by atoms with E-state index in [2.05, 4.69) is 9.97 Å². The monoisotopic (exact) mass is 486 g/mol. The lowest BCUT2D eigenvalue weighted by Gasteiger charge is -2.10. The number of aromatic nitrogens is 3. The van der Waals surface area contributed by atoms with Crippen LogP contribution in [0.15, 0.2) is 59.1 Å². The molecule has 0 aliphatic carbocycles. The van der Waals surface area contributed by atoms with Crippen LogP contribution in [0.4, 0.5) is 13.2 Å². The second kappa shape index (κ2) is 9.37. The first-order valence-electron chi connectivity index (χ1n) is 9.85. The number of ketones is 1. The van der Waals surface area contributed by atoms with Crippen LogP contribution < -0.4 is 0 Å². The van der Waals surface area contributed by atoms with Crippen molar-refractivity contribution in [3.63, 3.8) is 0 Å². The van der Waals surface area contributed by atoms with Crippen LogP contribution in [0.2, 0.25) is 0 Å². The number of fused-ring (bicyclic) bond motifs is 1. The minimum atomic E-state index is -4.48. The summed E-state index contributed by atoms with van der Waals surface area (Å²) in [6.07, 6.45) is -4.48. The fourth-order valence-electron chi connectivity index (χ4n) is 3.30. The van der Waals surface area contributed by atoms with Crippen LogP contribution in [0.3, 0.4) is 0 Å². The molecule has 4 aromatic rings. The fraction of sp³-hybridized carbons (Fsp3) is 0.217. The van der Waals surface area contributed by atoms with Crippen molar-refractivity contribution in [2.75, 3.05) is 5.75 Å². The van der Waals surface area contributed by atoms with Crippen LogP contribution in [0, 0.1) is 18.3 Å². The summed E-state index contributed by atoms with van der Waals surface area (Å²) in [5.41, 5.74) is 1.63. The van der Waals surface area contributed by atoms with Gasteiger partial charge in [-0.15, -0.1) is 11.3 Å². The number of alkyl halides is 3. The summed E-state index contributed by atoms with van der Waals surface area (Å²) in [5, 5.41) is 12.1. The third-order valence-corrected chi connectivity index (χ3v) is 6.93. The summed E-state index contributed by atoms with van der Waals surface area (Å²) in [4.78, 5) is 21.4. The topological polar surface area (TPSA) is 71.6 Å². The van der Waals surface area contributed by atoms with Gasteiger partial charge in [0.05, 0.1) is 35.0 Å². The number of aryl methyl sites for hydroxylation is 1. The summed E-state index contributed by atoms with van der Waals surface area (Å²) in [5.74, 6) is -1.37. The van der Waals surface area contributed by atoms with Gasteiger partial charge in [0.1, 0.15) is 5.01 Å². The maximum atomic E-state index is 13.2. The maximum absolute atomic E-state index is 13.2. The minimum absolute atomic E-state index is 0.0545. The second-order valence-electron chi connectivity index (χ2n) is 7.31. The lowest BCUT2D eigenvalue weighted by atomic mass is 10.1. The molecule has 0 spiro atoms. The molecule has 0 bridgehead atoms. The molecule has 0 N–H and O–H groups in total. The Bertz CT molecular complexity index is 1340. The molecule has 10 heteroatoms. The molecule has 4 rings (SSSR count). The number of nitriles is 1. The first-order valence-corrected chi connectivity index (χ1v) is 11.7. The minimum Gasteiger partial charge on any atom is -0.314 e. The van der Waals surface area contributed by atoms with E-state index in [1.807, 2.05) is 36.4 Å². The van der Waals surface area contributed by atoms with Crippen molar-refractivity contribution < 1.29 is 18.0 Å². The third-order valence-electron chi connectivity index (χ3n) is 4.90. The van der Waals surface area contributed by atoms with Gasteiger partial charge in [-0.05, 0) is 30.7 Å². The van der Waals surface area contributed by atoms with Crippen molar-refractivity contribution in [1.29, 1.82) is 5.26 Å². The Hall–Kier alpha value is -3.16. The summed E-state index contributed by atoms with van der Waals surface area (Å²) >= 11 is 2.36. The predicted molar refractivity (Wildman–Crippen MR) is 121 cm³/mol. The summed E-state index contributed by atoms with van der Waals surface area (Å²) in [7, 11) is 0. The van der Waals surface area contributed by atoms with Gasteiger partial charge in [0.2, 0.25) is 0 Å². The highest BCUT2D eigenvalue weighted by atomic mass is 32.2. The van der Waals surface area contributed by atoms with Gasteiger partial charge < -0.3 is 4.57 Å². The third kappa shape index (κ3) is 5.10. The average Bonchev–Trinajstić information content (AvgIpc) is 3.36. The Morgan fingerprint density at radius 3 is 2.61 bits per heavy atom. The molecular formula is C23H17F3N4OS2. The van der Waals surface area contributed by atoms with Crippen LogP contribution in [0.25, 0.3) is 11.0 Å². The second-order valence-corrected chi connectivity index (χ2v) is 9.14. The molecule has 0 aliphatic heterocycles. The molecule has 0 fully saturated rings. The Labute approximate surface area is 195 Å². The number of carbonyl (C=O) groups excluding carboxylic acids is 1. The molecule has 0 saturated heterocycles. The van der Waals surface area contributed by atoms with E-state index in [1.165, 1.54) is 17.4 Å². The van der Waals surface area contributed by atoms with Gasteiger partial charge >= 0.3 is 6.18 Å². The van der Waals surface area contributed by atoms with Gasteiger partial charge in [-0.1, -0.05) is 42.1 Å². The molecule has 0 saturated carbocycles. The molecule has 168 valence electrons. The largest absolute Gasteiger partial charge is 0.416 e. The highest BCUT2D eigenvalue weighted by molar-refractivity contribution is 7.99. The van der Waals surface area contributed by atoms with Crippen molar-refractivity contribution in [3.8, 4) is 6.07 Å². The fourth-order valence-corrected chi connectivity index (χ4v) is 5.08. The number of hydrogen-bond acceptors (Lipinski definition) is 6. The highest BCUT2D eigenvalue weighted by Crippen LogP contribution is 2.33. The summed E-state index contributed by atoms with van der Waals surface area (Å²) in [6, 6.07) is 14.9. The Morgan fingerprint density at radius 2 is 1.97 bits per heavy atom. The van der Waals surface area contributed by atoms with Crippen molar-refractivity contribution in [1.82, 2.24) is 14.5 Å². The normalized spacial score (nSPS) is 12.6. The molecule has 5 nitrogen and oxygen atoms in total. The number of nitrogens with zero attached hydrogens (tertiary/aromatic N) is 4. The summed E-state index contributed by atoms with van der Waals surface area (Å²) in [6.45, 7) is 2.17. The highest BCUT2D eigenvalue weighted by Gasteiger charge is 2.31. The van der Waals surface area contributed by atoms with E-state index in [4.69, 9.17) is 0 Å². The zero-order chi connectivity index (χ0) is 23.6. The molecule has 0 radical (unpaired) electrons. The molecule has 33 heavy (non-hydrogen) atoms. The Kier molecular flexibility index (Phi) is 6.54. The van der Waals surface area contributed by atoms with Crippen molar-refractivity contribution in [2.45, 2.75) is 30.7 Å². The predicted octanol–water partition coefficient (Wildman–Crippen LogP) is 5.84. The van der Waals surface area contributed by atoms with Crippen LogP contribution in [0.5, 0.6) is 0 Å². The number of imidazole rings is 1. The van der Waals surface area contributed by atoms with Crippen LogP contribution in [0.1, 0.15) is 27.7 Å². The average molecular weight is 487 g/mol. The Balaban J connectivity index is 1.65. The van der Waals surface area contributed by atoms with E-state index in [0.29, 0.717) is 22.2 Å². The maximum Gasteiger partial charge on any atom is 0.416 e. The molecule has 0 unspecified atom stereocenters.